The molecule has 5 nitrogen and oxygen atoms in total. The molecule has 0 aliphatic carbocycles. The van der Waals surface area contributed by atoms with E-state index in [1.807, 2.05) is 73.6 Å². The molecule has 1 unspecified atom stereocenters. The maximum absolute atomic E-state index is 12.2. The van der Waals surface area contributed by atoms with Gasteiger partial charge in [-0.1, -0.05) is 42.5 Å². The smallest absolute Gasteiger partial charge is 0.233 e. The molecule has 134 valence electrons. The zero-order valence-electron chi connectivity index (χ0n) is 14.7. The van der Waals surface area contributed by atoms with Gasteiger partial charge in [-0.05, 0) is 43.4 Å². The Bertz CT molecular complexity index is 802. The molecule has 2 rings (SSSR count). The summed E-state index contributed by atoms with van der Waals surface area (Å²) in [5, 5.41) is 1.20. The zero-order chi connectivity index (χ0) is 18.3. The third kappa shape index (κ3) is 6.01. The summed E-state index contributed by atoms with van der Waals surface area (Å²) in [5.41, 5.74) is 1.82. The average Bonchev–Trinajstić information content (AvgIpc) is 2.61. The number of likely N-dealkylation sites (N-methyl/N-ethyl adjacent to an activating group) is 1. The summed E-state index contributed by atoms with van der Waals surface area (Å²) >= 11 is 0. The molecule has 0 saturated heterocycles. The highest BCUT2D eigenvalue weighted by Crippen LogP contribution is 2.22. The highest BCUT2D eigenvalue weighted by Gasteiger charge is 2.17. The second-order valence-corrected chi connectivity index (χ2v) is 7.51. The summed E-state index contributed by atoms with van der Waals surface area (Å²) < 4.78 is 32.4. The number of nitrogens with one attached hydrogen (secondary N) is 1. The highest BCUT2D eigenvalue weighted by molar-refractivity contribution is 7.92. The van der Waals surface area contributed by atoms with E-state index in [1.165, 1.54) is 5.41 Å². The van der Waals surface area contributed by atoms with Gasteiger partial charge in [0.2, 0.25) is 10.0 Å². The Labute approximate surface area is 150 Å². The summed E-state index contributed by atoms with van der Waals surface area (Å²) in [6.45, 7) is 0.266. The lowest BCUT2D eigenvalue weighted by atomic mass is 10.1. The Morgan fingerprint density at radius 2 is 1.84 bits per heavy atom. The van der Waals surface area contributed by atoms with Crippen molar-refractivity contribution in [3.05, 3.63) is 71.1 Å². The predicted octanol–water partition coefficient (Wildman–Crippen LogP) is 2.89. The Kier molecular flexibility index (Phi) is 6.75. The van der Waals surface area contributed by atoms with Gasteiger partial charge in [0.15, 0.2) is 0 Å². The molecule has 0 aromatic heterocycles. The molecule has 2 aromatic carbocycles. The van der Waals surface area contributed by atoms with Crippen LogP contribution in [-0.4, -0.2) is 41.1 Å². The normalized spacial score (nSPS) is 13.3. The lowest BCUT2D eigenvalue weighted by Gasteiger charge is -2.25. The molecule has 0 radical (unpaired) electrons. The fraction of sp³-hybridized carbons (Fsp3) is 0.263. The first kappa shape index (κ1) is 19.2. The molecule has 0 aliphatic rings. The van der Waals surface area contributed by atoms with Crippen molar-refractivity contribution in [1.82, 2.24) is 9.62 Å². The van der Waals surface area contributed by atoms with Gasteiger partial charge in [-0.15, -0.1) is 0 Å². The molecular weight excluding hydrogens is 336 g/mol. The van der Waals surface area contributed by atoms with Crippen LogP contribution in [0.2, 0.25) is 0 Å². The molecule has 0 fully saturated rings. The van der Waals surface area contributed by atoms with Gasteiger partial charge in [-0.25, -0.2) is 13.1 Å². The molecule has 6 heteroatoms. The molecule has 0 saturated carbocycles. The molecular formula is C19H24N2O3S. The maximum Gasteiger partial charge on any atom is 0.233 e. The minimum absolute atomic E-state index is 0.102. The van der Waals surface area contributed by atoms with Gasteiger partial charge in [0.1, 0.15) is 5.75 Å². The largest absolute Gasteiger partial charge is 0.497 e. The number of hydrogen-bond acceptors (Lipinski definition) is 4. The second-order valence-electron chi connectivity index (χ2n) is 5.86. The van der Waals surface area contributed by atoms with E-state index in [0.717, 1.165) is 16.9 Å². The number of methoxy groups -OCH3 is 1. The van der Waals surface area contributed by atoms with Crippen LogP contribution in [0.25, 0.3) is 6.08 Å². The molecule has 1 N–H and O–H groups in total. The number of sulfonamides is 1. The highest BCUT2D eigenvalue weighted by atomic mass is 32.2. The predicted molar refractivity (Wildman–Crippen MR) is 102 cm³/mol. The summed E-state index contributed by atoms with van der Waals surface area (Å²) in [6.07, 6.45) is 1.58. The van der Waals surface area contributed by atoms with Gasteiger partial charge in [0, 0.05) is 18.0 Å². The molecule has 0 spiro atoms. The van der Waals surface area contributed by atoms with Crippen LogP contribution in [0.4, 0.5) is 0 Å². The van der Waals surface area contributed by atoms with Crippen LogP contribution < -0.4 is 9.46 Å². The second kappa shape index (κ2) is 8.80. The number of hydrogen-bond donors (Lipinski definition) is 1. The van der Waals surface area contributed by atoms with Crippen LogP contribution in [0.15, 0.2) is 60.0 Å². The van der Waals surface area contributed by atoms with E-state index in [-0.39, 0.29) is 12.6 Å². The maximum atomic E-state index is 12.2. The van der Waals surface area contributed by atoms with Gasteiger partial charge in [-0.2, -0.15) is 0 Å². The Morgan fingerprint density at radius 3 is 2.48 bits per heavy atom. The van der Waals surface area contributed by atoms with Crippen molar-refractivity contribution in [2.75, 3.05) is 27.7 Å². The van der Waals surface area contributed by atoms with Crippen LogP contribution in [0.3, 0.4) is 0 Å². The molecule has 0 bridgehead atoms. The van der Waals surface area contributed by atoms with Crippen molar-refractivity contribution in [3.63, 3.8) is 0 Å². The standard InChI is InChI=1S/C19H24N2O3S/c1-21(2)19(17-10-7-11-18(14-17)24-3)15-20-25(22,23)13-12-16-8-5-4-6-9-16/h4-14,19-20H,15H2,1-3H3. The first-order valence-electron chi connectivity index (χ1n) is 7.94. The van der Waals surface area contributed by atoms with E-state index >= 15 is 0 Å². The number of nitrogens with zero attached hydrogens (tertiary/aromatic N) is 1. The molecule has 0 amide bonds. The van der Waals surface area contributed by atoms with Crippen LogP contribution in [-0.2, 0) is 10.0 Å². The quantitative estimate of drug-likeness (QED) is 0.786. The Balaban J connectivity index is 2.08. The molecule has 25 heavy (non-hydrogen) atoms. The van der Waals surface area contributed by atoms with Crippen molar-refractivity contribution in [2.45, 2.75) is 6.04 Å². The summed E-state index contributed by atoms with van der Waals surface area (Å²) in [5.74, 6) is 0.746. The van der Waals surface area contributed by atoms with E-state index in [0.29, 0.717) is 0 Å². The van der Waals surface area contributed by atoms with E-state index in [2.05, 4.69) is 4.72 Å². The van der Waals surface area contributed by atoms with E-state index in [4.69, 9.17) is 4.74 Å². The molecule has 0 aliphatic heterocycles. The SMILES string of the molecule is COc1cccc(C(CNS(=O)(=O)C=Cc2ccccc2)N(C)C)c1. The van der Waals surface area contributed by atoms with E-state index < -0.39 is 10.0 Å². The van der Waals surface area contributed by atoms with Gasteiger partial charge in [-0.3, -0.25) is 0 Å². The van der Waals surface area contributed by atoms with E-state index in [1.54, 1.807) is 13.2 Å². The van der Waals surface area contributed by atoms with Crippen molar-refractivity contribution in [1.29, 1.82) is 0 Å². The number of rotatable bonds is 8. The minimum atomic E-state index is -3.52. The summed E-state index contributed by atoms with van der Waals surface area (Å²) in [4.78, 5) is 1.97. The third-order valence-electron chi connectivity index (χ3n) is 3.82. The first-order valence-corrected chi connectivity index (χ1v) is 9.49. The van der Waals surface area contributed by atoms with Crippen molar-refractivity contribution in [3.8, 4) is 5.75 Å². The monoisotopic (exact) mass is 360 g/mol. The van der Waals surface area contributed by atoms with Gasteiger partial charge < -0.3 is 9.64 Å². The third-order valence-corrected chi connectivity index (χ3v) is 4.88. The van der Waals surface area contributed by atoms with E-state index in [9.17, 15) is 8.42 Å². The molecule has 0 heterocycles. The minimum Gasteiger partial charge on any atom is -0.497 e. The first-order chi connectivity index (χ1) is 11.9. The summed E-state index contributed by atoms with van der Waals surface area (Å²) in [6, 6.07) is 16.9. The van der Waals surface area contributed by atoms with Crippen LogP contribution >= 0.6 is 0 Å². The lowest BCUT2D eigenvalue weighted by Crippen LogP contribution is -2.33. The van der Waals surface area contributed by atoms with Gasteiger partial charge >= 0.3 is 0 Å². The Morgan fingerprint density at radius 1 is 1.12 bits per heavy atom. The van der Waals surface area contributed by atoms with Crippen molar-refractivity contribution >= 4 is 16.1 Å². The summed E-state index contributed by atoms with van der Waals surface area (Å²) in [7, 11) is 1.92. The fourth-order valence-corrected chi connectivity index (χ4v) is 3.25. The van der Waals surface area contributed by atoms with Crippen LogP contribution in [0.5, 0.6) is 5.75 Å². The number of ether oxygens (including phenoxy) is 1. The zero-order valence-corrected chi connectivity index (χ0v) is 15.5. The van der Waals surface area contributed by atoms with Crippen LogP contribution in [0.1, 0.15) is 17.2 Å². The topological polar surface area (TPSA) is 58.6 Å². The van der Waals surface area contributed by atoms with Gasteiger partial charge in [0.05, 0.1) is 7.11 Å². The van der Waals surface area contributed by atoms with Crippen molar-refractivity contribution < 1.29 is 13.2 Å². The lowest BCUT2D eigenvalue weighted by molar-refractivity contribution is 0.298. The van der Waals surface area contributed by atoms with Crippen molar-refractivity contribution in [2.24, 2.45) is 0 Å². The molecule has 1 atom stereocenters. The average molecular weight is 360 g/mol. The number of benzene rings is 2. The fourth-order valence-electron chi connectivity index (χ4n) is 2.42. The Hall–Kier alpha value is -2.15. The van der Waals surface area contributed by atoms with Gasteiger partial charge in [0.25, 0.3) is 0 Å². The van der Waals surface area contributed by atoms with Crippen LogP contribution in [0, 0.1) is 0 Å². The molecule has 2 aromatic rings.